The number of halogens is 4. The van der Waals surface area contributed by atoms with E-state index in [9.17, 15) is 23.1 Å². The molecule has 7 heteroatoms. The highest BCUT2D eigenvalue weighted by Gasteiger charge is 2.48. The van der Waals surface area contributed by atoms with E-state index in [1.807, 2.05) is 0 Å². The second-order valence-corrected chi connectivity index (χ2v) is 5.50. The first-order valence-electron chi connectivity index (χ1n) is 6.31. The van der Waals surface area contributed by atoms with E-state index >= 15 is 0 Å². The Bertz CT molecular complexity index is 528. The summed E-state index contributed by atoms with van der Waals surface area (Å²) in [6.07, 6.45) is -3.27. The zero-order valence-electron chi connectivity index (χ0n) is 11.4. The van der Waals surface area contributed by atoms with Gasteiger partial charge in [-0.3, -0.25) is 4.79 Å². The van der Waals surface area contributed by atoms with Crippen LogP contribution < -0.4 is 5.73 Å². The SMILES string of the molecule is C[C@@]1(O)CCC[C@@](N)(c2ccc(C(F)(F)F)cc2)C1=O.Cl. The van der Waals surface area contributed by atoms with Gasteiger partial charge in [-0.2, -0.15) is 13.2 Å². The lowest BCUT2D eigenvalue weighted by molar-refractivity contribution is -0.146. The molecule has 3 nitrogen and oxygen atoms in total. The van der Waals surface area contributed by atoms with Crippen molar-refractivity contribution in [3.8, 4) is 0 Å². The molecular weight excluding hydrogens is 307 g/mol. The van der Waals surface area contributed by atoms with Crippen molar-refractivity contribution in [1.29, 1.82) is 0 Å². The Kier molecular flexibility index (Phi) is 4.77. The molecular formula is C14H17ClF3NO2. The minimum absolute atomic E-state index is 0. The van der Waals surface area contributed by atoms with Crippen LogP contribution in [0.5, 0.6) is 0 Å². The maximum absolute atomic E-state index is 12.5. The van der Waals surface area contributed by atoms with Crippen LogP contribution in [0, 0.1) is 0 Å². The molecule has 1 aromatic carbocycles. The van der Waals surface area contributed by atoms with E-state index in [1.165, 1.54) is 19.1 Å². The summed E-state index contributed by atoms with van der Waals surface area (Å²) < 4.78 is 37.6. The number of aliphatic hydroxyl groups is 1. The summed E-state index contributed by atoms with van der Waals surface area (Å²) in [5.74, 6) is -0.545. The number of ketones is 1. The van der Waals surface area contributed by atoms with Crippen LogP contribution in [0.25, 0.3) is 0 Å². The number of rotatable bonds is 1. The molecule has 0 spiro atoms. The second-order valence-electron chi connectivity index (χ2n) is 5.50. The fraction of sp³-hybridized carbons (Fsp3) is 0.500. The predicted molar refractivity (Wildman–Crippen MR) is 74.0 cm³/mol. The van der Waals surface area contributed by atoms with Gasteiger partial charge in [0.25, 0.3) is 0 Å². The van der Waals surface area contributed by atoms with Crippen LogP contribution >= 0.6 is 12.4 Å². The zero-order valence-corrected chi connectivity index (χ0v) is 12.2. The molecule has 0 bridgehead atoms. The largest absolute Gasteiger partial charge is 0.416 e. The van der Waals surface area contributed by atoms with Crippen molar-refractivity contribution in [2.45, 2.75) is 43.5 Å². The Morgan fingerprint density at radius 3 is 2.19 bits per heavy atom. The van der Waals surface area contributed by atoms with Gasteiger partial charge in [-0.1, -0.05) is 12.1 Å². The number of carbonyl (C=O) groups excluding carboxylic acids is 1. The van der Waals surface area contributed by atoms with Gasteiger partial charge in [-0.15, -0.1) is 12.4 Å². The third kappa shape index (κ3) is 3.22. The number of hydrogen-bond donors (Lipinski definition) is 2. The zero-order chi connectivity index (χ0) is 15.2. The molecule has 0 amide bonds. The smallest absolute Gasteiger partial charge is 0.382 e. The number of nitrogens with two attached hydrogens (primary N) is 1. The molecule has 0 heterocycles. The van der Waals surface area contributed by atoms with Gasteiger partial charge < -0.3 is 10.8 Å². The standard InChI is InChI=1S/C14H16F3NO2.ClH/c1-12(20)7-2-8-13(18,11(12)19)9-3-5-10(6-4-9)14(15,16)17;/h3-6,20H,2,7-8,18H2,1H3;1H/t12-,13-;/m1./s1. The van der Waals surface area contributed by atoms with E-state index in [1.54, 1.807) is 0 Å². The molecule has 1 aromatic rings. The molecule has 1 fully saturated rings. The van der Waals surface area contributed by atoms with Crippen LogP contribution in [0.4, 0.5) is 13.2 Å². The minimum atomic E-state index is -4.43. The van der Waals surface area contributed by atoms with Crippen LogP contribution in [0.1, 0.15) is 37.3 Å². The molecule has 0 aromatic heterocycles. The van der Waals surface area contributed by atoms with Crippen molar-refractivity contribution in [2.75, 3.05) is 0 Å². The van der Waals surface area contributed by atoms with Crippen LogP contribution in [0.15, 0.2) is 24.3 Å². The highest BCUT2D eigenvalue weighted by Crippen LogP contribution is 2.38. The highest BCUT2D eigenvalue weighted by atomic mass is 35.5. The molecule has 0 unspecified atom stereocenters. The maximum Gasteiger partial charge on any atom is 0.416 e. The third-order valence-corrected chi connectivity index (χ3v) is 3.86. The normalized spacial score (nSPS) is 29.9. The van der Waals surface area contributed by atoms with Crippen molar-refractivity contribution in [2.24, 2.45) is 5.73 Å². The number of alkyl halides is 3. The van der Waals surface area contributed by atoms with Gasteiger partial charge in [0, 0.05) is 0 Å². The second kappa shape index (κ2) is 5.59. The summed E-state index contributed by atoms with van der Waals surface area (Å²) in [7, 11) is 0. The highest BCUT2D eigenvalue weighted by molar-refractivity contribution is 5.96. The lowest BCUT2D eigenvalue weighted by atomic mass is 9.70. The van der Waals surface area contributed by atoms with E-state index in [0.29, 0.717) is 24.8 Å². The summed E-state index contributed by atoms with van der Waals surface area (Å²) in [5, 5.41) is 10.0. The Hall–Kier alpha value is -1.11. The number of Topliss-reactive ketones (excluding diaryl/α,β-unsaturated/α-hetero) is 1. The van der Waals surface area contributed by atoms with E-state index < -0.39 is 28.7 Å². The number of hydrogen-bond acceptors (Lipinski definition) is 3. The van der Waals surface area contributed by atoms with Gasteiger partial charge in [-0.05, 0) is 43.9 Å². The Labute approximate surface area is 126 Å². The topological polar surface area (TPSA) is 63.3 Å². The van der Waals surface area contributed by atoms with Crippen molar-refractivity contribution in [1.82, 2.24) is 0 Å². The molecule has 1 aliphatic carbocycles. The first-order chi connectivity index (χ1) is 9.07. The first-order valence-corrected chi connectivity index (χ1v) is 6.31. The van der Waals surface area contributed by atoms with E-state index in [2.05, 4.69) is 0 Å². The monoisotopic (exact) mass is 323 g/mol. The van der Waals surface area contributed by atoms with Crippen molar-refractivity contribution >= 4 is 18.2 Å². The fourth-order valence-electron chi connectivity index (χ4n) is 2.65. The molecule has 118 valence electrons. The molecule has 2 rings (SSSR count). The molecule has 1 aliphatic rings. The third-order valence-electron chi connectivity index (χ3n) is 3.86. The molecule has 0 saturated heterocycles. The number of benzene rings is 1. The van der Waals surface area contributed by atoms with E-state index in [4.69, 9.17) is 5.73 Å². The minimum Gasteiger partial charge on any atom is -0.382 e. The molecule has 0 radical (unpaired) electrons. The Morgan fingerprint density at radius 1 is 1.19 bits per heavy atom. The lowest BCUT2D eigenvalue weighted by Gasteiger charge is -2.40. The summed E-state index contributed by atoms with van der Waals surface area (Å²) in [4.78, 5) is 12.3. The van der Waals surface area contributed by atoms with Crippen LogP contribution in [0.2, 0.25) is 0 Å². The van der Waals surface area contributed by atoms with E-state index in [0.717, 1.165) is 12.1 Å². The van der Waals surface area contributed by atoms with Crippen LogP contribution in [-0.4, -0.2) is 16.5 Å². The van der Waals surface area contributed by atoms with Gasteiger partial charge in [0.05, 0.1) is 5.56 Å². The summed E-state index contributed by atoms with van der Waals surface area (Å²) in [5.41, 5.74) is 2.62. The van der Waals surface area contributed by atoms with Gasteiger partial charge in [0.2, 0.25) is 0 Å². The van der Waals surface area contributed by atoms with Crippen LogP contribution in [0.3, 0.4) is 0 Å². The quantitative estimate of drug-likeness (QED) is 0.835. The van der Waals surface area contributed by atoms with Crippen molar-refractivity contribution in [3.05, 3.63) is 35.4 Å². The molecule has 1 saturated carbocycles. The van der Waals surface area contributed by atoms with Crippen LogP contribution in [-0.2, 0) is 16.5 Å². The molecule has 21 heavy (non-hydrogen) atoms. The summed E-state index contributed by atoms with van der Waals surface area (Å²) in [6, 6.07) is 4.23. The molecule has 3 N–H and O–H groups in total. The average Bonchev–Trinajstić information content (AvgIpc) is 2.35. The van der Waals surface area contributed by atoms with Crippen molar-refractivity contribution < 1.29 is 23.1 Å². The predicted octanol–water partition coefficient (Wildman–Crippen LogP) is 2.79. The van der Waals surface area contributed by atoms with Gasteiger partial charge in [0.1, 0.15) is 11.1 Å². The number of carbonyl (C=O) groups is 1. The Balaban J connectivity index is 0.00000220. The molecule has 0 aliphatic heterocycles. The summed E-state index contributed by atoms with van der Waals surface area (Å²) >= 11 is 0. The Morgan fingerprint density at radius 2 is 1.71 bits per heavy atom. The average molecular weight is 324 g/mol. The van der Waals surface area contributed by atoms with Gasteiger partial charge >= 0.3 is 6.18 Å². The first kappa shape index (κ1) is 17.9. The van der Waals surface area contributed by atoms with Gasteiger partial charge in [0.15, 0.2) is 5.78 Å². The van der Waals surface area contributed by atoms with Gasteiger partial charge in [-0.25, -0.2) is 0 Å². The maximum atomic E-state index is 12.5. The lowest BCUT2D eigenvalue weighted by Crippen LogP contribution is -2.57. The molecule has 2 atom stereocenters. The van der Waals surface area contributed by atoms with E-state index in [-0.39, 0.29) is 12.4 Å². The fourth-order valence-corrected chi connectivity index (χ4v) is 2.65. The summed E-state index contributed by atoms with van der Waals surface area (Å²) in [6.45, 7) is 1.39. The van der Waals surface area contributed by atoms with Crippen molar-refractivity contribution in [3.63, 3.8) is 0 Å².